The zero-order valence-corrected chi connectivity index (χ0v) is 12.6. The van der Waals surface area contributed by atoms with Crippen LogP contribution in [0.2, 0.25) is 0 Å². The highest BCUT2D eigenvalue weighted by molar-refractivity contribution is 7.89. The maximum atomic E-state index is 12.2. The average Bonchev–Trinajstić information content (AvgIpc) is 2.29. The van der Waals surface area contributed by atoms with Crippen molar-refractivity contribution < 1.29 is 13.2 Å². The van der Waals surface area contributed by atoms with Gasteiger partial charge in [-0.2, -0.15) is 4.31 Å². The van der Waals surface area contributed by atoms with E-state index in [0.29, 0.717) is 25.5 Å². The molecule has 4 nitrogen and oxygen atoms in total. The van der Waals surface area contributed by atoms with E-state index >= 15 is 0 Å². The van der Waals surface area contributed by atoms with Gasteiger partial charge in [0.25, 0.3) is 0 Å². The van der Waals surface area contributed by atoms with Gasteiger partial charge in [0.15, 0.2) is 0 Å². The van der Waals surface area contributed by atoms with Crippen molar-refractivity contribution in [1.82, 2.24) is 4.31 Å². The van der Waals surface area contributed by atoms with Gasteiger partial charge in [0.05, 0.1) is 5.75 Å². The quantitative estimate of drug-likeness (QED) is 0.456. The monoisotopic (exact) mass is 285 g/mol. The lowest BCUT2D eigenvalue weighted by Gasteiger charge is -2.29. The number of hydrogen-bond donors (Lipinski definition) is 0. The molecule has 0 atom stereocenters. The molecule has 17 heavy (non-hydrogen) atoms. The molecule has 0 spiro atoms. The zero-order chi connectivity index (χ0) is 13.3. The lowest BCUT2D eigenvalue weighted by atomic mass is 10.2. The predicted octanol–water partition coefficient (Wildman–Crippen LogP) is 2.08. The lowest BCUT2D eigenvalue weighted by Crippen LogP contribution is -2.42. The molecule has 0 saturated heterocycles. The molecule has 0 aromatic carbocycles. The molecule has 0 aliphatic heterocycles. The fourth-order valence-electron chi connectivity index (χ4n) is 1.83. The highest BCUT2D eigenvalue weighted by Crippen LogP contribution is 2.15. The molecule has 0 amide bonds. The summed E-state index contributed by atoms with van der Waals surface area (Å²) in [7, 11) is -1.64. The van der Waals surface area contributed by atoms with E-state index in [-0.39, 0.29) is 11.8 Å². The van der Waals surface area contributed by atoms with Crippen LogP contribution in [0.5, 0.6) is 0 Å². The van der Waals surface area contributed by atoms with E-state index in [4.69, 9.17) is 16.3 Å². The summed E-state index contributed by atoms with van der Waals surface area (Å²) in [6, 6.07) is 0.0568. The van der Waals surface area contributed by atoms with Crippen LogP contribution in [0, 0.1) is 0 Å². The molecule has 0 bridgehead atoms. The largest absolute Gasteiger partial charge is 0.385 e. The van der Waals surface area contributed by atoms with Gasteiger partial charge in [0.2, 0.25) is 10.0 Å². The van der Waals surface area contributed by atoms with Crippen molar-refractivity contribution >= 4 is 21.6 Å². The first-order chi connectivity index (χ1) is 8.03. The first kappa shape index (κ1) is 17.2. The molecule has 0 aromatic rings. The minimum absolute atomic E-state index is 0.0568. The summed E-state index contributed by atoms with van der Waals surface area (Å²) in [6.07, 6.45) is 2.16. The molecule has 0 heterocycles. The molecular weight excluding hydrogens is 262 g/mol. The second-order valence-electron chi connectivity index (χ2n) is 3.93. The molecule has 0 aliphatic rings. The summed E-state index contributed by atoms with van der Waals surface area (Å²) < 4.78 is 30.8. The van der Waals surface area contributed by atoms with Gasteiger partial charge in [-0.15, -0.1) is 11.6 Å². The second kappa shape index (κ2) is 9.14. The molecular formula is C11H24ClNO3S. The van der Waals surface area contributed by atoms with Crippen LogP contribution < -0.4 is 0 Å². The molecule has 6 heteroatoms. The van der Waals surface area contributed by atoms with Crippen LogP contribution >= 0.6 is 11.6 Å². The van der Waals surface area contributed by atoms with Gasteiger partial charge in [-0.25, -0.2) is 8.42 Å². The van der Waals surface area contributed by atoms with Crippen LogP contribution in [-0.2, 0) is 14.8 Å². The maximum Gasteiger partial charge on any atom is 0.214 e. The van der Waals surface area contributed by atoms with Gasteiger partial charge >= 0.3 is 0 Å². The van der Waals surface area contributed by atoms with Crippen molar-refractivity contribution in [2.75, 3.05) is 31.9 Å². The van der Waals surface area contributed by atoms with Crippen molar-refractivity contribution in [3.05, 3.63) is 0 Å². The van der Waals surface area contributed by atoms with Crippen LogP contribution in [-0.4, -0.2) is 50.7 Å². The van der Waals surface area contributed by atoms with E-state index in [0.717, 1.165) is 12.8 Å². The summed E-state index contributed by atoms with van der Waals surface area (Å²) in [6.45, 7) is 4.86. The zero-order valence-electron chi connectivity index (χ0n) is 11.0. The predicted molar refractivity (Wildman–Crippen MR) is 72.1 cm³/mol. The molecule has 0 aliphatic carbocycles. The van der Waals surface area contributed by atoms with Crippen molar-refractivity contribution in [3.8, 4) is 0 Å². The van der Waals surface area contributed by atoms with E-state index < -0.39 is 10.0 Å². The Labute approximate surface area is 110 Å². The first-order valence-electron chi connectivity index (χ1n) is 6.07. The highest BCUT2D eigenvalue weighted by atomic mass is 35.5. The lowest BCUT2D eigenvalue weighted by molar-refractivity contribution is 0.199. The molecule has 104 valence electrons. The number of hydrogen-bond acceptors (Lipinski definition) is 3. The van der Waals surface area contributed by atoms with Crippen molar-refractivity contribution in [2.45, 2.75) is 39.2 Å². The summed E-state index contributed by atoms with van der Waals surface area (Å²) in [5, 5.41) is 0. The van der Waals surface area contributed by atoms with Crippen LogP contribution in [0.25, 0.3) is 0 Å². The highest BCUT2D eigenvalue weighted by Gasteiger charge is 2.26. The van der Waals surface area contributed by atoms with Crippen LogP contribution in [0.1, 0.15) is 33.1 Å². The van der Waals surface area contributed by atoms with Crippen LogP contribution in [0.3, 0.4) is 0 Å². The SMILES string of the molecule is CCC(CC)N(CCCl)S(=O)(=O)CCCOC. The molecule has 0 N–H and O–H groups in total. The van der Waals surface area contributed by atoms with Crippen molar-refractivity contribution in [2.24, 2.45) is 0 Å². The van der Waals surface area contributed by atoms with Gasteiger partial charge in [-0.05, 0) is 19.3 Å². The fraction of sp³-hybridized carbons (Fsp3) is 1.00. The Hall–Kier alpha value is 0.160. The van der Waals surface area contributed by atoms with Gasteiger partial charge < -0.3 is 4.74 Å². The Bertz CT molecular complexity index is 278. The number of halogens is 1. The van der Waals surface area contributed by atoms with Crippen LogP contribution in [0.4, 0.5) is 0 Å². The average molecular weight is 286 g/mol. The Morgan fingerprint density at radius 1 is 1.29 bits per heavy atom. The Balaban J connectivity index is 4.65. The normalized spacial score (nSPS) is 12.6. The van der Waals surface area contributed by atoms with E-state index in [1.54, 1.807) is 11.4 Å². The summed E-state index contributed by atoms with van der Waals surface area (Å²) in [5.41, 5.74) is 0. The molecule has 0 aromatic heterocycles. The number of alkyl halides is 1. The molecule has 0 radical (unpaired) electrons. The van der Waals surface area contributed by atoms with Gasteiger partial charge in [-0.3, -0.25) is 0 Å². The third kappa shape index (κ3) is 6.04. The molecule has 0 unspecified atom stereocenters. The molecule has 0 fully saturated rings. The minimum atomic E-state index is -3.21. The molecule has 0 rings (SSSR count). The van der Waals surface area contributed by atoms with Crippen LogP contribution in [0.15, 0.2) is 0 Å². The van der Waals surface area contributed by atoms with Crippen molar-refractivity contribution in [1.29, 1.82) is 0 Å². The topological polar surface area (TPSA) is 46.6 Å². The second-order valence-corrected chi connectivity index (χ2v) is 6.35. The third-order valence-electron chi connectivity index (χ3n) is 2.76. The standard InChI is InChI=1S/C11H24ClNO3S/c1-4-11(5-2)13(8-7-12)17(14,15)10-6-9-16-3/h11H,4-10H2,1-3H3. The smallest absolute Gasteiger partial charge is 0.214 e. The minimum Gasteiger partial charge on any atom is -0.385 e. The number of rotatable bonds is 10. The summed E-state index contributed by atoms with van der Waals surface area (Å²) >= 11 is 5.69. The van der Waals surface area contributed by atoms with E-state index in [2.05, 4.69) is 0 Å². The van der Waals surface area contributed by atoms with Gasteiger partial charge in [-0.1, -0.05) is 13.8 Å². The third-order valence-corrected chi connectivity index (χ3v) is 4.93. The Morgan fingerprint density at radius 3 is 2.29 bits per heavy atom. The Kier molecular flexibility index (Phi) is 9.22. The van der Waals surface area contributed by atoms with E-state index in [1.165, 1.54) is 0 Å². The van der Waals surface area contributed by atoms with Gasteiger partial charge in [0.1, 0.15) is 0 Å². The number of methoxy groups -OCH3 is 1. The maximum absolute atomic E-state index is 12.2. The number of nitrogens with zero attached hydrogens (tertiary/aromatic N) is 1. The first-order valence-corrected chi connectivity index (χ1v) is 8.22. The summed E-state index contributed by atoms with van der Waals surface area (Å²) in [5.74, 6) is 0.467. The fourth-order valence-corrected chi connectivity index (χ4v) is 3.95. The van der Waals surface area contributed by atoms with Gasteiger partial charge in [0, 0.05) is 32.2 Å². The van der Waals surface area contributed by atoms with Crippen molar-refractivity contribution in [3.63, 3.8) is 0 Å². The molecule has 0 saturated carbocycles. The van der Waals surface area contributed by atoms with E-state index in [9.17, 15) is 8.42 Å². The van der Waals surface area contributed by atoms with E-state index in [1.807, 2.05) is 13.8 Å². The number of ether oxygens (including phenoxy) is 1. The number of sulfonamides is 1. The Morgan fingerprint density at radius 2 is 1.88 bits per heavy atom. The summed E-state index contributed by atoms with van der Waals surface area (Å²) in [4.78, 5) is 0.